The second kappa shape index (κ2) is 7.26. The zero-order chi connectivity index (χ0) is 21.6. The Bertz CT molecular complexity index is 1170. The van der Waals surface area contributed by atoms with Crippen LogP contribution >= 0.6 is 11.6 Å². The molecule has 0 spiro atoms. The number of anilines is 1. The van der Waals surface area contributed by atoms with Gasteiger partial charge in [-0.05, 0) is 18.2 Å². The summed E-state index contributed by atoms with van der Waals surface area (Å²) in [5.41, 5.74) is -1.75. The minimum Gasteiger partial charge on any atom is -0.289 e. The van der Waals surface area contributed by atoms with Crippen LogP contribution in [0.1, 0.15) is 5.56 Å². The summed E-state index contributed by atoms with van der Waals surface area (Å²) in [6.07, 6.45) is -3.09. The molecule has 154 valence electrons. The topological polar surface area (TPSA) is 64.0 Å². The van der Waals surface area contributed by atoms with Crippen LogP contribution in [-0.4, -0.2) is 18.0 Å². The Morgan fingerprint density at radius 2 is 1.69 bits per heavy atom. The molecule has 29 heavy (non-hydrogen) atoms. The molecule has 0 unspecified atom stereocenters. The number of sulfonamides is 1. The third-order valence-corrected chi connectivity index (χ3v) is 5.27. The van der Waals surface area contributed by atoms with Gasteiger partial charge in [0.25, 0.3) is 10.0 Å². The number of rotatable bonds is 4. The fourth-order valence-corrected chi connectivity index (χ4v) is 3.80. The Kier molecular flexibility index (Phi) is 5.26. The minimum atomic E-state index is -4.71. The third-order valence-electron chi connectivity index (χ3n) is 3.60. The van der Waals surface area contributed by atoms with Crippen molar-refractivity contribution in [3.05, 3.63) is 70.8 Å². The van der Waals surface area contributed by atoms with E-state index in [2.05, 4.69) is 4.98 Å². The van der Waals surface area contributed by atoms with Gasteiger partial charge in [-0.25, -0.2) is 18.2 Å². The van der Waals surface area contributed by atoms with E-state index in [0.717, 1.165) is 16.8 Å². The highest BCUT2D eigenvalue weighted by Crippen LogP contribution is 2.33. The van der Waals surface area contributed by atoms with E-state index < -0.39 is 55.0 Å². The maximum Gasteiger partial charge on any atom is 0.417 e. The van der Waals surface area contributed by atoms with Crippen LogP contribution in [0.4, 0.5) is 32.0 Å². The Labute approximate surface area is 164 Å². The van der Waals surface area contributed by atoms with Gasteiger partial charge in [0.15, 0.2) is 28.3 Å². The number of nitrogens with one attached hydrogen (secondary N) is 1. The van der Waals surface area contributed by atoms with Crippen molar-refractivity contribution in [3.63, 3.8) is 0 Å². The van der Waals surface area contributed by atoms with Gasteiger partial charge >= 0.3 is 6.18 Å². The Morgan fingerprint density at radius 1 is 1.07 bits per heavy atom. The molecule has 2 aromatic heterocycles. The molecule has 3 aromatic rings. The van der Waals surface area contributed by atoms with E-state index in [0.29, 0.717) is 24.4 Å². The molecular formula is C16H8ClF6N3O2S. The first kappa shape index (κ1) is 21.0. The molecule has 0 aliphatic carbocycles. The summed E-state index contributed by atoms with van der Waals surface area (Å²) in [5, 5.41) is -1.04. The quantitative estimate of drug-likeness (QED) is 0.455. The van der Waals surface area contributed by atoms with Gasteiger partial charge in [0, 0.05) is 24.5 Å². The highest BCUT2D eigenvalue weighted by molar-refractivity contribution is 7.92. The van der Waals surface area contributed by atoms with E-state index in [-0.39, 0.29) is 5.82 Å². The van der Waals surface area contributed by atoms with Gasteiger partial charge in [-0.2, -0.15) is 21.6 Å². The lowest BCUT2D eigenvalue weighted by Crippen LogP contribution is -2.18. The minimum absolute atomic E-state index is 0.332. The number of halogens is 7. The van der Waals surface area contributed by atoms with Gasteiger partial charge < -0.3 is 0 Å². The number of alkyl halides is 3. The highest BCUT2D eigenvalue weighted by Gasteiger charge is 2.32. The number of nitrogens with zero attached hydrogens (tertiary/aromatic N) is 2. The molecule has 1 aromatic carbocycles. The maximum atomic E-state index is 13.3. The second-order valence-corrected chi connectivity index (χ2v) is 7.64. The van der Waals surface area contributed by atoms with Gasteiger partial charge in [0.1, 0.15) is 0 Å². The van der Waals surface area contributed by atoms with Gasteiger partial charge in [0.05, 0.1) is 16.3 Å². The first-order valence-corrected chi connectivity index (χ1v) is 9.34. The zero-order valence-electron chi connectivity index (χ0n) is 13.8. The van der Waals surface area contributed by atoms with E-state index in [1.54, 1.807) is 0 Å². The van der Waals surface area contributed by atoms with Gasteiger partial charge in [0.2, 0.25) is 0 Å². The van der Waals surface area contributed by atoms with Crippen LogP contribution in [0.25, 0.3) is 5.82 Å². The second-order valence-electron chi connectivity index (χ2n) is 5.60. The lowest BCUT2D eigenvalue weighted by molar-refractivity contribution is -0.137. The van der Waals surface area contributed by atoms with Crippen molar-refractivity contribution in [3.8, 4) is 5.82 Å². The van der Waals surface area contributed by atoms with Crippen LogP contribution in [0, 0.1) is 17.5 Å². The number of benzene rings is 1. The number of pyridine rings is 1. The normalized spacial score (nSPS) is 12.2. The molecule has 5 nitrogen and oxygen atoms in total. The van der Waals surface area contributed by atoms with Gasteiger partial charge in [-0.15, -0.1) is 0 Å². The predicted octanol–water partition coefficient (Wildman–Crippen LogP) is 4.76. The molecule has 0 aliphatic heterocycles. The van der Waals surface area contributed by atoms with Crippen LogP contribution in [0.3, 0.4) is 0 Å². The standard InChI is InChI=1S/C16H8ClF6N3O2S/c17-10-4-8(16(21,22)23)7-24-15(10)26-3-1-2-13(26)29(27,28)25-9-5-11(18)14(20)12(19)6-9/h1-7,25H. The summed E-state index contributed by atoms with van der Waals surface area (Å²) in [6.45, 7) is 0. The third kappa shape index (κ3) is 4.17. The summed E-state index contributed by atoms with van der Waals surface area (Å²) in [6, 6.07) is 3.70. The van der Waals surface area contributed by atoms with Crippen LogP contribution in [0.2, 0.25) is 5.02 Å². The van der Waals surface area contributed by atoms with E-state index in [9.17, 15) is 34.8 Å². The summed E-state index contributed by atoms with van der Waals surface area (Å²) < 4.78 is 106. The molecule has 3 rings (SSSR count). The summed E-state index contributed by atoms with van der Waals surface area (Å²) >= 11 is 5.83. The SMILES string of the molecule is O=S(=O)(Nc1cc(F)c(F)c(F)c1)c1cccn1-c1ncc(C(F)(F)F)cc1Cl. The molecule has 13 heteroatoms. The predicted molar refractivity (Wildman–Crippen MR) is 90.7 cm³/mol. The van der Waals surface area contributed by atoms with E-state index in [1.165, 1.54) is 6.07 Å². The first-order chi connectivity index (χ1) is 13.4. The van der Waals surface area contributed by atoms with Crippen molar-refractivity contribution >= 4 is 27.3 Å². The van der Waals surface area contributed by atoms with E-state index in [4.69, 9.17) is 11.6 Å². The fourth-order valence-electron chi connectivity index (χ4n) is 2.34. The average molecular weight is 456 g/mol. The van der Waals surface area contributed by atoms with Crippen molar-refractivity contribution in [1.29, 1.82) is 0 Å². The van der Waals surface area contributed by atoms with Crippen molar-refractivity contribution in [2.75, 3.05) is 4.72 Å². The monoisotopic (exact) mass is 455 g/mol. The molecule has 0 saturated carbocycles. The molecule has 0 atom stereocenters. The highest BCUT2D eigenvalue weighted by atomic mass is 35.5. The Balaban J connectivity index is 2.02. The molecule has 1 N–H and O–H groups in total. The molecular weight excluding hydrogens is 448 g/mol. The van der Waals surface area contributed by atoms with Crippen molar-refractivity contribution in [1.82, 2.24) is 9.55 Å². The van der Waals surface area contributed by atoms with Crippen LogP contribution in [0.15, 0.2) is 47.8 Å². The summed E-state index contributed by atoms with van der Waals surface area (Å²) in [7, 11) is -4.51. The molecule has 0 aliphatic rings. The molecule has 0 bridgehead atoms. The lowest BCUT2D eigenvalue weighted by Gasteiger charge is -2.14. The van der Waals surface area contributed by atoms with Crippen LogP contribution in [0.5, 0.6) is 0 Å². The average Bonchev–Trinajstić information content (AvgIpc) is 3.09. The van der Waals surface area contributed by atoms with Crippen molar-refractivity contribution in [2.45, 2.75) is 11.2 Å². The summed E-state index contributed by atoms with van der Waals surface area (Å²) in [5.74, 6) is -5.35. The number of aromatic nitrogens is 2. The van der Waals surface area contributed by atoms with Crippen LogP contribution in [-0.2, 0) is 16.2 Å². The molecule has 2 heterocycles. The fraction of sp³-hybridized carbons (Fsp3) is 0.0625. The molecule has 0 fully saturated rings. The molecule has 0 radical (unpaired) electrons. The first-order valence-electron chi connectivity index (χ1n) is 7.48. The van der Waals surface area contributed by atoms with E-state index in [1.807, 2.05) is 4.72 Å². The maximum absolute atomic E-state index is 13.3. The Morgan fingerprint density at radius 3 is 2.24 bits per heavy atom. The smallest absolute Gasteiger partial charge is 0.289 e. The zero-order valence-corrected chi connectivity index (χ0v) is 15.4. The van der Waals surface area contributed by atoms with E-state index >= 15 is 0 Å². The van der Waals surface area contributed by atoms with Crippen LogP contribution < -0.4 is 4.72 Å². The van der Waals surface area contributed by atoms with Crippen molar-refractivity contribution < 1.29 is 34.8 Å². The summed E-state index contributed by atoms with van der Waals surface area (Å²) in [4.78, 5) is 3.56. The largest absolute Gasteiger partial charge is 0.417 e. The van der Waals surface area contributed by atoms with Gasteiger partial charge in [-0.1, -0.05) is 11.6 Å². The van der Waals surface area contributed by atoms with Crippen molar-refractivity contribution in [2.24, 2.45) is 0 Å². The number of hydrogen-bond donors (Lipinski definition) is 1. The molecule has 0 saturated heterocycles. The molecule has 0 amide bonds. The Hall–Kier alpha value is -2.73. The lowest BCUT2D eigenvalue weighted by atomic mass is 10.3. The van der Waals surface area contributed by atoms with Gasteiger partial charge in [-0.3, -0.25) is 9.29 Å². The number of hydrogen-bond acceptors (Lipinski definition) is 3.